The fourth-order valence-electron chi connectivity index (χ4n) is 4.47. The molecule has 0 spiro atoms. The van der Waals surface area contributed by atoms with Gasteiger partial charge in [-0.3, -0.25) is 4.79 Å². The van der Waals surface area contributed by atoms with E-state index in [0.29, 0.717) is 35.7 Å². The van der Waals surface area contributed by atoms with Gasteiger partial charge in [0.1, 0.15) is 5.75 Å². The predicted molar refractivity (Wildman–Crippen MR) is 159 cm³/mol. The van der Waals surface area contributed by atoms with E-state index < -0.39 is 0 Å². The van der Waals surface area contributed by atoms with Crippen molar-refractivity contribution in [2.45, 2.75) is 30.4 Å². The average molecular weight is 549 g/mol. The van der Waals surface area contributed by atoms with E-state index in [-0.39, 0.29) is 5.91 Å². The van der Waals surface area contributed by atoms with Crippen LogP contribution in [0.1, 0.15) is 19.4 Å². The highest BCUT2D eigenvalue weighted by atomic mass is 32.2. The van der Waals surface area contributed by atoms with Gasteiger partial charge in [-0.15, -0.1) is 23.1 Å². The minimum Gasteiger partial charge on any atom is -0.495 e. The second-order valence-electron chi connectivity index (χ2n) is 9.66. The number of thioether (sulfide) groups is 1. The van der Waals surface area contributed by atoms with Gasteiger partial charge in [0.15, 0.2) is 5.82 Å². The molecular formula is C28H32N6O2S2. The number of fused-ring (bicyclic) bond motifs is 2. The van der Waals surface area contributed by atoms with Gasteiger partial charge in [-0.25, -0.2) is 4.98 Å². The van der Waals surface area contributed by atoms with E-state index in [1.165, 1.54) is 4.90 Å². The van der Waals surface area contributed by atoms with Crippen molar-refractivity contribution in [3.05, 3.63) is 53.4 Å². The van der Waals surface area contributed by atoms with Gasteiger partial charge in [-0.2, -0.15) is 4.98 Å². The third kappa shape index (κ3) is 5.57. The third-order valence-electron chi connectivity index (χ3n) is 6.10. The Morgan fingerprint density at radius 3 is 2.74 bits per heavy atom. The van der Waals surface area contributed by atoms with E-state index >= 15 is 0 Å². The highest BCUT2D eigenvalue weighted by Crippen LogP contribution is 2.40. The number of thiophene rings is 1. The summed E-state index contributed by atoms with van der Waals surface area (Å²) in [7, 11) is 5.45. The molecule has 0 saturated carbocycles. The van der Waals surface area contributed by atoms with E-state index in [4.69, 9.17) is 14.7 Å². The van der Waals surface area contributed by atoms with E-state index in [1.54, 1.807) is 18.4 Å². The maximum atomic E-state index is 12.9. The molecule has 8 nitrogen and oxygen atoms in total. The van der Waals surface area contributed by atoms with E-state index in [1.807, 2.05) is 65.3 Å². The zero-order chi connectivity index (χ0) is 26.8. The molecule has 38 heavy (non-hydrogen) atoms. The summed E-state index contributed by atoms with van der Waals surface area (Å²) in [4.78, 5) is 27.4. The molecule has 3 heterocycles. The van der Waals surface area contributed by atoms with Crippen LogP contribution in [0.15, 0.2) is 52.7 Å². The summed E-state index contributed by atoms with van der Waals surface area (Å²) >= 11 is 3.42. The molecule has 10 heteroatoms. The Labute approximate surface area is 231 Å². The Hall–Kier alpha value is -3.34. The predicted octanol–water partition coefficient (Wildman–Crippen LogP) is 6.14. The number of nitrogens with one attached hydrogen (secondary N) is 2. The number of rotatable bonds is 9. The molecular weight excluding hydrogens is 516 g/mol. The summed E-state index contributed by atoms with van der Waals surface area (Å²) < 4.78 is 6.70. The van der Waals surface area contributed by atoms with Crippen molar-refractivity contribution in [1.82, 2.24) is 14.9 Å². The maximum Gasteiger partial charge on any atom is 0.241 e. The van der Waals surface area contributed by atoms with Crippen molar-refractivity contribution >= 4 is 68.1 Å². The first-order valence-corrected chi connectivity index (χ1v) is 14.3. The third-order valence-corrected chi connectivity index (χ3v) is 8.09. The molecule has 198 valence electrons. The van der Waals surface area contributed by atoms with E-state index in [9.17, 15) is 4.79 Å². The standard InChI is InChI=1S/C28H32N6O2S2/c1-17(2)38-24-9-7-6-8-19(24)29-27-26-20(11-13-37-26)30-28(32-27)31-21-15-22-18(14-23(21)36-5)10-12-34(22)25(35)16-33(3)4/h6-9,11,13-15,17H,10,12,16H2,1-5H3,(H2,29,30,31,32). The van der Waals surface area contributed by atoms with Gasteiger partial charge in [0.2, 0.25) is 11.9 Å². The Balaban J connectivity index is 1.49. The largest absolute Gasteiger partial charge is 0.495 e. The van der Waals surface area contributed by atoms with Crippen LogP contribution in [0.5, 0.6) is 5.75 Å². The van der Waals surface area contributed by atoms with Crippen molar-refractivity contribution < 1.29 is 9.53 Å². The van der Waals surface area contributed by atoms with Gasteiger partial charge in [-0.1, -0.05) is 26.0 Å². The molecule has 0 bridgehead atoms. The van der Waals surface area contributed by atoms with Crippen LogP contribution < -0.4 is 20.3 Å². The molecule has 1 aliphatic heterocycles. The zero-order valence-corrected chi connectivity index (χ0v) is 23.9. The lowest BCUT2D eigenvalue weighted by Gasteiger charge is -2.21. The van der Waals surface area contributed by atoms with Crippen molar-refractivity contribution in [3.8, 4) is 5.75 Å². The first-order valence-electron chi connectivity index (χ1n) is 12.5. The fraction of sp³-hybridized carbons (Fsp3) is 0.321. The summed E-state index contributed by atoms with van der Waals surface area (Å²) in [5.41, 5.74) is 4.57. The van der Waals surface area contributed by atoms with Gasteiger partial charge >= 0.3 is 0 Å². The first kappa shape index (κ1) is 26.3. The van der Waals surface area contributed by atoms with E-state index in [2.05, 4.69) is 42.7 Å². The number of likely N-dealkylation sites (N-methyl/N-ethyl adjacent to an activating group) is 1. The van der Waals surface area contributed by atoms with Crippen molar-refractivity contribution in [3.63, 3.8) is 0 Å². The Morgan fingerprint density at radius 1 is 1.16 bits per heavy atom. The lowest BCUT2D eigenvalue weighted by Crippen LogP contribution is -2.36. The normalized spacial score (nSPS) is 12.9. The van der Waals surface area contributed by atoms with Gasteiger partial charge < -0.3 is 25.2 Å². The number of anilines is 5. The summed E-state index contributed by atoms with van der Waals surface area (Å²) in [6.07, 6.45) is 0.796. The minimum atomic E-state index is 0.0743. The number of hydrogen-bond donors (Lipinski definition) is 2. The number of benzene rings is 2. The number of carbonyl (C=O) groups is 1. The molecule has 2 aromatic carbocycles. The molecule has 0 saturated heterocycles. The number of methoxy groups -OCH3 is 1. The number of para-hydroxylation sites is 1. The summed E-state index contributed by atoms with van der Waals surface area (Å²) in [6, 6.07) is 14.2. The summed E-state index contributed by atoms with van der Waals surface area (Å²) in [5, 5.41) is 9.40. The molecule has 2 N–H and O–H groups in total. The maximum absolute atomic E-state index is 12.9. The fourth-order valence-corrected chi connectivity index (χ4v) is 6.16. The first-order chi connectivity index (χ1) is 18.3. The molecule has 0 unspecified atom stereocenters. The van der Waals surface area contributed by atoms with Crippen LogP contribution in [0.4, 0.5) is 28.8 Å². The van der Waals surface area contributed by atoms with Gasteiger partial charge in [0, 0.05) is 22.4 Å². The number of carbonyl (C=O) groups excluding carboxylic acids is 1. The highest BCUT2D eigenvalue weighted by Gasteiger charge is 2.27. The molecule has 4 aromatic rings. The van der Waals surface area contributed by atoms with Crippen LogP contribution >= 0.6 is 23.1 Å². The van der Waals surface area contributed by atoms with Crippen LogP contribution in [0.25, 0.3) is 10.2 Å². The Kier molecular flexibility index (Phi) is 7.73. The molecule has 1 amide bonds. The lowest BCUT2D eigenvalue weighted by atomic mass is 10.1. The van der Waals surface area contributed by atoms with E-state index in [0.717, 1.165) is 39.4 Å². The van der Waals surface area contributed by atoms with Crippen LogP contribution in [-0.4, -0.2) is 60.3 Å². The van der Waals surface area contributed by atoms with Crippen molar-refractivity contribution in [2.24, 2.45) is 0 Å². The van der Waals surface area contributed by atoms with Crippen LogP contribution in [0.2, 0.25) is 0 Å². The molecule has 0 fully saturated rings. The Morgan fingerprint density at radius 2 is 1.97 bits per heavy atom. The molecule has 0 aliphatic carbocycles. The van der Waals surface area contributed by atoms with Crippen LogP contribution in [0, 0.1) is 0 Å². The van der Waals surface area contributed by atoms with Crippen molar-refractivity contribution in [2.75, 3.05) is 49.8 Å². The molecule has 5 rings (SSSR count). The molecule has 1 aliphatic rings. The summed E-state index contributed by atoms with van der Waals surface area (Å²) in [5.74, 6) is 1.96. The average Bonchev–Trinajstić information content (AvgIpc) is 3.51. The number of aromatic nitrogens is 2. The highest BCUT2D eigenvalue weighted by molar-refractivity contribution is 8.00. The second-order valence-corrected chi connectivity index (χ2v) is 12.2. The van der Waals surface area contributed by atoms with Crippen LogP contribution in [-0.2, 0) is 11.2 Å². The topological polar surface area (TPSA) is 82.6 Å². The van der Waals surface area contributed by atoms with Gasteiger partial charge in [0.25, 0.3) is 0 Å². The number of hydrogen-bond acceptors (Lipinski definition) is 9. The SMILES string of the molecule is COc1cc2c(cc1Nc1nc(Nc3ccccc3SC(C)C)c3sccc3n1)N(C(=O)CN(C)C)CC2. The quantitative estimate of drug-likeness (QED) is 0.242. The Bertz CT molecular complexity index is 1470. The van der Waals surface area contributed by atoms with Crippen molar-refractivity contribution in [1.29, 1.82) is 0 Å². The zero-order valence-electron chi connectivity index (χ0n) is 22.2. The molecule has 2 aromatic heterocycles. The molecule has 0 radical (unpaired) electrons. The number of amides is 1. The number of ether oxygens (including phenoxy) is 1. The van der Waals surface area contributed by atoms with Gasteiger partial charge in [0.05, 0.1) is 35.2 Å². The second kappa shape index (κ2) is 11.2. The van der Waals surface area contributed by atoms with Gasteiger partial charge in [-0.05, 0) is 61.8 Å². The summed E-state index contributed by atoms with van der Waals surface area (Å²) in [6.45, 7) is 5.39. The monoisotopic (exact) mass is 548 g/mol. The smallest absolute Gasteiger partial charge is 0.241 e. The number of nitrogens with zero attached hydrogens (tertiary/aromatic N) is 4. The molecule has 0 atom stereocenters. The lowest BCUT2D eigenvalue weighted by molar-refractivity contribution is -0.119. The van der Waals surface area contributed by atoms with Crippen LogP contribution in [0.3, 0.4) is 0 Å². The minimum absolute atomic E-state index is 0.0743.